The first-order chi connectivity index (χ1) is 19.6. The van der Waals surface area contributed by atoms with Crippen LogP contribution in [-0.4, -0.2) is 51.4 Å². The third-order valence-electron chi connectivity index (χ3n) is 11.5. The fourth-order valence-electron chi connectivity index (χ4n) is 9.43. The SMILES string of the molecule is Oc1ccc2c3c1O[C@H]1c4nc5ccccc5c(NCC5CCCCC5)c4C[C@@]4(O)[C@H](C2)N(CC2CC2)CC[C@]314. The van der Waals surface area contributed by atoms with Gasteiger partial charge in [-0.25, -0.2) is 4.98 Å². The summed E-state index contributed by atoms with van der Waals surface area (Å²) in [6.45, 7) is 2.98. The Kier molecular flexibility index (Phi) is 4.98. The molecule has 6 aliphatic rings. The van der Waals surface area contributed by atoms with E-state index in [9.17, 15) is 10.2 Å². The molecule has 6 nitrogen and oxygen atoms in total. The van der Waals surface area contributed by atoms with Crippen LogP contribution in [0.15, 0.2) is 36.4 Å². The number of benzene rings is 2. The van der Waals surface area contributed by atoms with Gasteiger partial charge in [0.25, 0.3) is 0 Å². The molecule has 1 spiro atoms. The molecule has 1 aromatic heterocycles. The van der Waals surface area contributed by atoms with E-state index in [2.05, 4.69) is 40.5 Å². The number of hydrogen-bond donors (Lipinski definition) is 3. The van der Waals surface area contributed by atoms with Gasteiger partial charge in [0.1, 0.15) is 0 Å². The monoisotopic (exact) mass is 537 g/mol. The van der Waals surface area contributed by atoms with Crippen LogP contribution < -0.4 is 10.1 Å². The van der Waals surface area contributed by atoms with Gasteiger partial charge < -0.3 is 20.3 Å². The number of fused-ring (bicyclic) bond motifs is 3. The van der Waals surface area contributed by atoms with Crippen LogP contribution in [0.5, 0.6) is 11.5 Å². The Balaban J connectivity index is 1.24. The second-order valence-electron chi connectivity index (χ2n) is 13.7. The van der Waals surface area contributed by atoms with Gasteiger partial charge in [-0.2, -0.15) is 0 Å². The summed E-state index contributed by atoms with van der Waals surface area (Å²) < 4.78 is 6.81. The van der Waals surface area contributed by atoms with E-state index in [0.29, 0.717) is 18.1 Å². The van der Waals surface area contributed by atoms with Gasteiger partial charge in [0, 0.05) is 47.8 Å². The molecular weight excluding hydrogens is 498 g/mol. The number of nitrogens with one attached hydrogen (secondary N) is 1. The van der Waals surface area contributed by atoms with Crippen molar-refractivity contribution in [1.82, 2.24) is 9.88 Å². The summed E-state index contributed by atoms with van der Waals surface area (Å²) in [5.74, 6) is 2.21. The summed E-state index contributed by atoms with van der Waals surface area (Å²) in [7, 11) is 0. The molecule has 0 unspecified atom stereocenters. The molecule has 0 radical (unpaired) electrons. The minimum atomic E-state index is -0.991. The number of piperidine rings is 1. The number of aromatic nitrogens is 1. The number of likely N-dealkylation sites (tertiary alicyclic amines) is 1. The number of phenolic OH excluding ortho intramolecular Hbond substituents is 1. The molecule has 4 atom stereocenters. The van der Waals surface area contributed by atoms with Crippen LogP contribution in [0.1, 0.15) is 79.9 Å². The highest BCUT2D eigenvalue weighted by molar-refractivity contribution is 5.94. The lowest BCUT2D eigenvalue weighted by Crippen LogP contribution is -2.74. The highest BCUT2D eigenvalue weighted by Gasteiger charge is 2.73. The molecule has 2 aliphatic heterocycles. The van der Waals surface area contributed by atoms with Crippen molar-refractivity contribution in [2.45, 2.75) is 87.4 Å². The van der Waals surface area contributed by atoms with E-state index in [-0.39, 0.29) is 11.8 Å². The van der Waals surface area contributed by atoms with Crippen LogP contribution in [-0.2, 0) is 18.3 Å². The maximum absolute atomic E-state index is 13.2. The number of aliphatic hydroxyl groups is 1. The second kappa shape index (κ2) is 8.36. The topological polar surface area (TPSA) is 77.8 Å². The molecule has 6 heteroatoms. The molecule has 3 N–H and O–H groups in total. The molecule has 9 rings (SSSR count). The summed E-state index contributed by atoms with van der Waals surface area (Å²) in [5.41, 5.74) is 4.87. The highest BCUT2D eigenvalue weighted by atomic mass is 16.5. The fourth-order valence-corrected chi connectivity index (χ4v) is 9.43. The Labute approximate surface area is 235 Å². The van der Waals surface area contributed by atoms with E-state index in [1.54, 1.807) is 6.07 Å². The predicted molar refractivity (Wildman–Crippen MR) is 155 cm³/mol. The lowest BCUT2D eigenvalue weighted by atomic mass is 9.48. The Morgan fingerprint density at radius 1 is 1.02 bits per heavy atom. The largest absolute Gasteiger partial charge is 0.504 e. The summed E-state index contributed by atoms with van der Waals surface area (Å²) in [6.07, 6.45) is 10.9. The van der Waals surface area contributed by atoms with Crippen molar-refractivity contribution in [2.24, 2.45) is 11.8 Å². The van der Waals surface area contributed by atoms with Gasteiger partial charge in [-0.05, 0) is 74.6 Å². The van der Waals surface area contributed by atoms with E-state index >= 15 is 0 Å². The number of para-hydroxylation sites is 1. The molecule has 0 amide bonds. The fraction of sp³-hybridized carbons (Fsp3) is 0.559. The average Bonchev–Trinajstić information content (AvgIpc) is 3.71. The molecule has 3 fully saturated rings. The van der Waals surface area contributed by atoms with Crippen molar-refractivity contribution < 1.29 is 14.9 Å². The molecule has 3 aromatic rings. The van der Waals surface area contributed by atoms with E-state index in [0.717, 1.165) is 71.8 Å². The van der Waals surface area contributed by atoms with E-state index < -0.39 is 17.1 Å². The number of rotatable bonds is 5. The Bertz CT molecular complexity index is 1530. The standard InChI is InChI=1S/C34H39N3O3/c38-26-13-12-22-16-27-34(39)17-24-29(35-18-20-6-2-1-3-7-20)23-8-4-5-9-25(23)36-30(24)32-33(34,28(22)31(26)40-32)14-15-37(27)19-21-10-11-21/h4-5,8-9,12-13,20-21,27,32,38-39H,1-3,6-7,10-11,14-19H2,(H,35,36)/t27-,32-,33-,34+/m0/s1. The Morgan fingerprint density at radius 2 is 1.88 bits per heavy atom. The first-order valence-electron chi connectivity index (χ1n) is 15.7. The smallest absolute Gasteiger partial charge is 0.166 e. The minimum absolute atomic E-state index is 0.0294. The van der Waals surface area contributed by atoms with Crippen LogP contribution >= 0.6 is 0 Å². The normalized spacial score (nSPS) is 32.4. The molecule has 3 heterocycles. The van der Waals surface area contributed by atoms with Gasteiger partial charge in [0.2, 0.25) is 0 Å². The number of pyridine rings is 1. The van der Waals surface area contributed by atoms with Crippen molar-refractivity contribution >= 4 is 16.6 Å². The lowest BCUT2D eigenvalue weighted by molar-refractivity contribution is -0.173. The van der Waals surface area contributed by atoms with Crippen LogP contribution in [0.4, 0.5) is 5.69 Å². The molecule has 1 saturated heterocycles. The predicted octanol–water partition coefficient (Wildman–Crippen LogP) is 5.63. The zero-order valence-corrected chi connectivity index (χ0v) is 23.2. The summed E-state index contributed by atoms with van der Waals surface area (Å²) in [4.78, 5) is 7.89. The summed E-state index contributed by atoms with van der Waals surface area (Å²) in [6, 6.07) is 12.3. The second-order valence-corrected chi connectivity index (χ2v) is 13.7. The quantitative estimate of drug-likeness (QED) is 0.392. The van der Waals surface area contributed by atoms with Crippen molar-refractivity contribution in [3.63, 3.8) is 0 Å². The van der Waals surface area contributed by atoms with Crippen LogP contribution in [0.25, 0.3) is 10.9 Å². The van der Waals surface area contributed by atoms with E-state index in [4.69, 9.17) is 9.72 Å². The Hall–Kier alpha value is -2.83. The minimum Gasteiger partial charge on any atom is -0.504 e. The van der Waals surface area contributed by atoms with Crippen LogP contribution in [0.2, 0.25) is 0 Å². The average molecular weight is 538 g/mol. The van der Waals surface area contributed by atoms with Gasteiger partial charge in [0.05, 0.1) is 22.2 Å². The number of aromatic hydroxyl groups is 1. The maximum Gasteiger partial charge on any atom is 0.166 e. The van der Waals surface area contributed by atoms with Crippen molar-refractivity contribution in [2.75, 3.05) is 25.0 Å². The zero-order chi connectivity index (χ0) is 26.6. The Morgan fingerprint density at radius 3 is 2.73 bits per heavy atom. The van der Waals surface area contributed by atoms with Crippen molar-refractivity contribution in [3.05, 3.63) is 58.8 Å². The molecule has 40 heavy (non-hydrogen) atoms. The van der Waals surface area contributed by atoms with Crippen molar-refractivity contribution in [1.29, 1.82) is 0 Å². The summed E-state index contributed by atoms with van der Waals surface area (Å²) >= 11 is 0. The maximum atomic E-state index is 13.2. The van der Waals surface area contributed by atoms with Gasteiger partial charge in [-0.15, -0.1) is 0 Å². The number of nitrogens with zero attached hydrogens (tertiary/aromatic N) is 2. The first-order valence-corrected chi connectivity index (χ1v) is 15.7. The molecular formula is C34H39N3O3. The van der Waals surface area contributed by atoms with Gasteiger partial charge in [0.15, 0.2) is 17.6 Å². The lowest BCUT2D eigenvalue weighted by Gasteiger charge is -2.63. The first kappa shape index (κ1) is 23.8. The molecule has 2 bridgehead atoms. The van der Waals surface area contributed by atoms with E-state index in [1.165, 1.54) is 50.5 Å². The number of anilines is 1. The highest BCUT2D eigenvalue weighted by Crippen LogP contribution is 2.69. The zero-order valence-electron chi connectivity index (χ0n) is 23.2. The van der Waals surface area contributed by atoms with Gasteiger partial charge in [-0.3, -0.25) is 4.90 Å². The number of ether oxygens (including phenoxy) is 1. The molecule has 208 valence electrons. The van der Waals surface area contributed by atoms with Crippen LogP contribution in [0.3, 0.4) is 0 Å². The van der Waals surface area contributed by atoms with Gasteiger partial charge in [-0.1, -0.05) is 43.5 Å². The molecule has 2 saturated carbocycles. The van der Waals surface area contributed by atoms with Crippen LogP contribution in [0, 0.1) is 11.8 Å². The van der Waals surface area contributed by atoms with Crippen molar-refractivity contribution in [3.8, 4) is 11.5 Å². The van der Waals surface area contributed by atoms with Gasteiger partial charge >= 0.3 is 0 Å². The van der Waals surface area contributed by atoms with E-state index in [1.807, 2.05) is 0 Å². The summed E-state index contributed by atoms with van der Waals surface area (Å²) in [5, 5.41) is 29.3. The third kappa shape index (κ3) is 3.10. The third-order valence-corrected chi connectivity index (χ3v) is 11.5. The molecule has 2 aromatic carbocycles. The molecule has 4 aliphatic carbocycles. The number of hydrogen-bond acceptors (Lipinski definition) is 6. The number of phenols is 1.